The third-order valence-corrected chi connectivity index (χ3v) is 2.91. The van der Waals surface area contributed by atoms with Crippen LogP contribution in [-0.4, -0.2) is 17.9 Å². The Bertz CT molecular complexity index is 609. The molecular formula is C11H8BrN3O. The van der Waals surface area contributed by atoms with Crippen LogP contribution in [0.1, 0.15) is 16.1 Å². The average molecular weight is 278 g/mol. The minimum atomic E-state index is -0.179. The summed E-state index contributed by atoms with van der Waals surface area (Å²) in [5.74, 6) is -0.179. The molecule has 0 saturated carbocycles. The van der Waals surface area contributed by atoms with Gasteiger partial charge in [0.15, 0.2) is 0 Å². The van der Waals surface area contributed by atoms with Crippen molar-refractivity contribution in [3.8, 4) is 6.07 Å². The zero-order chi connectivity index (χ0) is 11.7. The number of halogens is 1. The van der Waals surface area contributed by atoms with Crippen molar-refractivity contribution in [2.24, 2.45) is 0 Å². The van der Waals surface area contributed by atoms with E-state index in [1.54, 1.807) is 25.2 Å². The van der Waals surface area contributed by atoms with Gasteiger partial charge in [0.05, 0.1) is 17.1 Å². The van der Waals surface area contributed by atoms with E-state index in [2.05, 4.69) is 32.3 Å². The fourth-order valence-corrected chi connectivity index (χ4v) is 2.10. The minimum absolute atomic E-state index is 0.179. The van der Waals surface area contributed by atoms with Crippen LogP contribution < -0.4 is 5.32 Å². The lowest BCUT2D eigenvalue weighted by molar-refractivity contribution is 0.0959. The number of benzene rings is 1. The number of carbonyl (C=O) groups is 1. The van der Waals surface area contributed by atoms with Crippen molar-refractivity contribution < 1.29 is 4.79 Å². The molecule has 0 bridgehead atoms. The maximum atomic E-state index is 11.4. The second-order valence-electron chi connectivity index (χ2n) is 3.30. The molecule has 0 spiro atoms. The molecule has 1 amide bonds. The number of H-pyrrole nitrogens is 1. The Labute approximate surface area is 100 Å². The molecule has 5 heteroatoms. The van der Waals surface area contributed by atoms with E-state index >= 15 is 0 Å². The molecule has 2 N–H and O–H groups in total. The van der Waals surface area contributed by atoms with Crippen LogP contribution in [0.5, 0.6) is 0 Å². The second-order valence-corrected chi connectivity index (χ2v) is 4.15. The topological polar surface area (TPSA) is 68.7 Å². The molecule has 1 heterocycles. The van der Waals surface area contributed by atoms with Crippen molar-refractivity contribution in [3.05, 3.63) is 33.9 Å². The third kappa shape index (κ3) is 1.68. The highest BCUT2D eigenvalue weighted by Crippen LogP contribution is 2.25. The summed E-state index contributed by atoms with van der Waals surface area (Å²) < 4.78 is 0.775. The highest BCUT2D eigenvalue weighted by atomic mass is 79.9. The van der Waals surface area contributed by atoms with Crippen molar-refractivity contribution in [2.45, 2.75) is 0 Å². The van der Waals surface area contributed by atoms with E-state index in [1.165, 1.54) is 0 Å². The molecule has 0 aliphatic heterocycles. The number of nitriles is 1. The molecule has 2 aromatic rings. The van der Waals surface area contributed by atoms with Gasteiger partial charge in [0.25, 0.3) is 5.91 Å². The van der Waals surface area contributed by atoms with Gasteiger partial charge in [-0.15, -0.1) is 0 Å². The van der Waals surface area contributed by atoms with E-state index in [1.807, 2.05) is 0 Å². The van der Waals surface area contributed by atoms with E-state index in [0.29, 0.717) is 11.3 Å². The van der Waals surface area contributed by atoms with Gasteiger partial charge < -0.3 is 10.3 Å². The summed E-state index contributed by atoms with van der Waals surface area (Å²) in [6, 6.07) is 7.24. The molecule has 80 valence electrons. The summed E-state index contributed by atoms with van der Waals surface area (Å²) in [7, 11) is 1.57. The van der Waals surface area contributed by atoms with Gasteiger partial charge in [-0.05, 0) is 34.1 Å². The minimum Gasteiger partial charge on any atom is -0.354 e. The Morgan fingerprint density at radius 2 is 2.25 bits per heavy atom. The van der Waals surface area contributed by atoms with Crippen molar-refractivity contribution in [2.75, 3.05) is 7.05 Å². The molecule has 16 heavy (non-hydrogen) atoms. The van der Waals surface area contributed by atoms with Crippen LogP contribution in [-0.2, 0) is 0 Å². The Morgan fingerprint density at radius 1 is 1.50 bits per heavy atom. The summed E-state index contributed by atoms with van der Waals surface area (Å²) in [5.41, 5.74) is 1.85. The number of fused-ring (bicyclic) bond motifs is 1. The average Bonchev–Trinajstić information content (AvgIpc) is 2.72. The first-order valence-electron chi connectivity index (χ1n) is 4.60. The smallest absolute Gasteiger partial charge is 0.267 e. The highest BCUT2D eigenvalue weighted by Gasteiger charge is 2.10. The lowest BCUT2D eigenvalue weighted by atomic mass is 10.2. The fraction of sp³-hybridized carbons (Fsp3) is 0.0909. The van der Waals surface area contributed by atoms with Crippen molar-refractivity contribution in [1.82, 2.24) is 10.3 Å². The van der Waals surface area contributed by atoms with E-state index in [4.69, 9.17) is 5.26 Å². The second kappa shape index (κ2) is 3.99. The SMILES string of the molecule is CNC(=O)c1cc2cc(C#N)cc(Br)c2[nH]1. The summed E-state index contributed by atoms with van der Waals surface area (Å²) in [5, 5.41) is 12.2. The maximum absolute atomic E-state index is 11.4. The van der Waals surface area contributed by atoms with Crippen molar-refractivity contribution in [1.29, 1.82) is 5.26 Å². The number of aromatic nitrogens is 1. The van der Waals surface area contributed by atoms with Crippen LogP contribution in [0.15, 0.2) is 22.7 Å². The first kappa shape index (κ1) is 10.7. The van der Waals surface area contributed by atoms with Gasteiger partial charge in [-0.25, -0.2) is 0 Å². The number of rotatable bonds is 1. The van der Waals surface area contributed by atoms with E-state index in [0.717, 1.165) is 15.4 Å². The molecule has 0 atom stereocenters. The van der Waals surface area contributed by atoms with Crippen LogP contribution in [0.4, 0.5) is 0 Å². The van der Waals surface area contributed by atoms with Gasteiger partial charge in [-0.1, -0.05) is 0 Å². The predicted octanol–water partition coefficient (Wildman–Crippen LogP) is 2.16. The fourth-order valence-electron chi connectivity index (χ4n) is 1.52. The van der Waals surface area contributed by atoms with Gasteiger partial charge in [0.1, 0.15) is 5.69 Å². The quantitative estimate of drug-likeness (QED) is 0.839. The van der Waals surface area contributed by atoms with Gasteiger partial charge >= 0.3 is 0 Å². The number of hydrogen-bond acceptors (Lipinski definition) is 2. The number of nitrogens with zero attached hydrogens (tertiary/aromatic N) is 1. The normalized spacial score (nSPS) is 10.1. The Morgan fingerprint density at radius 3 is 2.88 bits per heavy atom. The van der Waals surface area contributed by atoms with Crippen LogP contribution in [0, 0.1) is 11.3 Å². The number of aromatic amines is 1. The van der Waals surface area contributed by atoms with E-state index in [-0.39, 0.29) is 5.91 Å². The van der Waals surface area contributed by atoms with Gasteiger partial charge in [-0.2, -0.15) is 5.26 Å². The molecule has 1 aromatic heterocycles. The largest absolute Gasteiger partial charge is 0.354 e. The molecule has 0 radical (unpaired) electrons. The zero-order valence-corrected chi connectivity index (χ0v) is 10.1. The molecular weight excluding hydrogens is 270 g/mol. The summed E-state index contributed by atoms with van der Waals surface area (Å²) in [4.78, 5) is 14.4. The first-order chi connectivity index (χ1) is 7.65. The summed E-state index contributed by atoms with van der Waals surface area (Å²) in [6.45, 7) is 0. The molecule has 1 aromatic carbocycles. The van der Waals surface area contributed by atoms with Crippen LogP contribution >= 0.6 is 15.9 Å². The monoisotopic (exact) mass is 277 g/mol. The Kier molecular flexibility index (Phi) is 2.67. The summed E-state index contributed by atoms with van der Waals surface area (Å²) in [6.07, 6.45) is 0. The van der Waals surface area contributed by atoms with E-state index in [9.17, 15) is 4.79 Å². The highest BCUT2D eigenvalue weighted by molar-refractivity contribution is 9.10. The predicted molar refractivity (Wildman–Crippen MR) is 64.1 cm³/mol. The Balaban J connectivity index is 2.67. The van der Waals surface area contributed by atoms with Gasteiger partial charge in [0.2, 0.25) is 0 Å². The molecule has 4 nitrogen and oxygen atoms in total. The third-order valence-electron chi connectivity index (χ3n) is 2.28. The Hall–Kier alpha value is -1.80. The molecule has 0 fully saturated rings. The molecule has 0 saturated heterocycles. The van der Waals surface area contributed by atoms with Crippen LogP contribution in [0.2, 0.25) is 0 Å². The van der Waals surface area contributed by atoms with Gasteiger partial charge in [0, 0.05) is 16.9 Å². The lowest BCUT2D eigenvalue weighted by Gasteiger charge is -1.95. The molecule has 0 unspecified atom stereocenters. The molecule has 2 rings (SSSR count). The van der Waals surface area contributed by atoms with Crippen LogP contribution in [0.3, 0.4) is 0 Å². The van der Waals surface area contributed by atoms with Crippen molar-refractivity contribution in [3.63, 3.8) is 0 Å². The number of hydrogen-bond donors (Lipinski definition) is 2. The standard InChI is InChI=1S/C11H8BrN3O/c1-14-11(16)9-4-7-2-6(5-13)3-8(12)10(7)15-9/h2-4,15H,1H3,(H,14,16). The maximum Gasteiger partial charge on any atom is 0.267 e. The van der Waals surface area contributed by atoms with Crippen molar-refractivity contribution >= 4 is 32.7 Å². The molecule has 0 aliphatic rings. The van der Waals surface area contributed by atoms with E-state index < -0.39 is 0 Å². The lowest BCUT2D eigenvalue weighted by Crippen LogP contribution is -2.17. The number of carbonyl (C=O) groups excluding carboxylic acids is 1. The summed E-state index contributed by atoms with van der Waals surface area (Å²) >= 11 is 3.36. The van der Waals surface area contributed by atoms with Gasteiger partial charge in [-0.3, -0.25) is 4.79 Å². The number of nitrogens with one attached hydrogen (secondary N) is 2. The molecule has 0 aliphatic carbocycles. The first-order valence-corrected chi connectivity index (χ1v) is 5.39. The number of amides is 1. The zero-order valence-electron chi connectivity index (χ0n) is 8.47. The van der Waals surface area contributed by atoms with Crippen LogP contribution in [0.25, 0.3) is 10.9 Å².